The van der Waals surface area contributed by atoms with Gasteiger partial charge in [0.15, 0.2) is 0 Å². The van der Waals surface area contributed by atoms with Crippen molar-refractivity contribution in [1.29, 1.82) is 0 Å². The van der Waals surface area contributed by atoms with Crippen LogP contribution < -0.4 is 5.73 Å². The second kappa shape index (κ2) is 23.6. The number of hydrogen-bond acceptors (Lipinski definition) is 2. The molecule has 0 atom stereocenters. The molecule has 5 nitrogen and oxygen atoms in total. The van der Waals surface area contributed by atoms with E-state index in [9.17, 15) is 9.59 Å². The monoisotopic (exact) mass is 370 g/mol. The zero-order valence-corrected chi connectivity index (χ0v) is 17.2. The van der Waals surface area contributed by atoms with Gasteiger partial charge in [0.25, 0.3) is 0 Å². The van der Waals surface area contributed by atoms with E-state index in [0.29, 0.717) is 6.42 Å². The molecule has 0 aromatic rings. The van der Waals surface area contributed by atoms with Gasteiger partial charge in [0.2, 0.25) is 0 Å². The number of carbonyl (C=O) groups is 2. The Morgan fingerprint density at radius 2 is 1.12 bits per heavy atom. The molecule has 2 amide bonds. The summed E-state index contributed by atoms with van der Waals surface area (Å²) in [6.45, 7) is 3.90. The van der Waals surface area contributed by atoms with E-state index in [1.165, 1.54) is 89.7 Å². The first-order valence-electron chi connectivity index (χ1n) is 10.5. The van der Waals surface area contributed by atoms with Crippen LogP contribution >= 0.6 is 0 Å². The highest BCUT2D eigenvalue weighted by Gasteiger charge is 1.97. The van der Waals surface area contributed by atoms with Gasteiger partial charge >= 0.3 is 12.0 Å². The number of aliphatic imine (C=N–C) groups is 1. The van der Waals surface area contributed by atoms with Crippen molar-refractivity contribution >= 4 is 18.2 Å². The topological polar surface area (TPSA) is 92.8 Å². The first-order valence-corrected chi connectivity index (χ1v) is 10.5. The van der Waals surface area contributed by atoms with Crippen LogP contribution in [-0.2, 0) is 4.79 Å². The van der Waals surface area contributed by atoms with E-state index in [4.69, 9.17) is 5.11 Å². The second-order valence-electron chi connectivity index (χ2n) is 6.82. The summed E-state index contributed by atoms with van der Waals surface area (Å²) in [6, 6.07) is -0.641. The molecule has 0 bridgehead atoms. The Morgan fingerprint density at radius 3 is 1.35 bits per heavy atom. The number of urea groups is 1. The van der Waals surface area contributed by atoms with E-state index in [-0.39, 0.29) is 0 Å². The van der Waals surface area contributed by atoms with Crippen LogP contribution in [0.3, 0.4) is 0 Å². The quantitative estimate of drug-likeness (QED) is 0.240. The van der Waals surface area contributed by atoms with Crippen LogP contribution in [0.15, 0.2) is 4.99 Å². The summed E-state index contributed by atoms with van der Waals surface area (Å²) in [4.78, 5) is 23.1. The summed E-state index contributed by atoms with van der Waals surface area (Å²) in [6.07, 6.45) is 21.5. The molecular formula is C21H42N2O3. The Morgan fingerprint density at radius 1 is 0.769 bits per heavy atom. The third kappa shape index (κ3) is 30.5. The Bertz CT molecular complexity index is 344. The number of hydrogen-bond donors (Lipinski definition) is 2. The lowest BCUT2D eigenvalue weighted by molar-refractivity contribution is -0.137. The molecule has 0 rings (SSSR count). The van der Waals surface area contributed by atoms with Crippen molar-refractivity contribution in [3.8, 4) is 0 Å². The molecule has 0 saturated heterocycles. The zero-order valence-electron chi connectivity index (χ0n) is 17.2. The number of primary amides is 1. The molecule has 0 saturated carbocycles. The van der Waals surface area contributed by atoms with Gasteiger partial charge in [-0.2, -0.15) is 0 Å². The van der Waals surface area contributed by atoms with Crippen molar-refractivity contribution in [1.82, 2.24) is 0 Å². The highest BCUT2D eigenvalue weighted by Crippen LogP contribution is 2.13. The molecule has 3 N–H and O–H groups in total. The lowest BCUT2D eigenvalue weighted by Crippen LogP contribution is -2.02. The molecule has 0 radical (unpaired) electrons. The number of carboxylic acids is 1. The molecule has 0 aliphatic carbocycles. The summed E-state index contributed by atoms with van der Waals surface area (Å²) in [5.41, 5.74) is 4.57. The maximum absolute atomic E-state index is 10.3. The summed E-state index contributed by atoms with van der Waals surface area (Å²) in [5, 5.41) is 8.52. The van der Waals surface area contributed by atoms with E-state index < -0.39 is 12.0 Å². The number of aliphatic carboxylic acids is 1. The molecule has 0 aliphatic heterocycles. The highest BCUT2D eigenvalue weighted by atomic mass is 16.4. The number of carboxylic acid groups (broad SMARTS) is 1. The molecule has 0 heterocycles. The van der Waals surface area contributed by atoms with E-state index in [2.05, 4.69) is 17.6 Å². The predicted molar refractivity (Wildman–Crippen MR) is 111 cm³/mol. The largest absolute Gasteiger partial charge is 0.481 e. The SMILES string of the molecule is CC=NC(N)=O.CCCCCCCCCCCCCCCCCC(=O)O. The highest BCUT2D eigenvalue weighted by molar-refractivity contribution is 5.81. The van der Waals surface area contributed by atoms with Crippen LogP contribution in [0.5, 0.6) is 0 Å². The number of carbonyl (C=O) groups excluding carboxylic acids is 1. The average molecular weight is 371 g/mol. The maximum atomic E-state index is 10.3. The van der Waals surface area contributed by atoms with E-state index in [1.807, 2.05) is 0 Å². The van der Waals surface area contributed by atoms with Crippen LogP contribution in [0.2, 0.25) is 0 Å². The lowest BCUT2D eigenvalue weighted by Gasteiger charge is -2.03. The summed E-state index contributed by atoms with van der Waals surface area (Å²) < 4.78 is 0. The first kappa shape index (κ1) is 26.8. The van der Waals surface area contributed by atoms with Gasteiger partial charge in [-0.25, -0.2) is 9.79 Å². The van der Waals surface area contributed by atoms with Crippen LogP contribution in [0.1, 0.15) is 117 Å². The summed E-state index contributed by atoms with van der Waals surface area (Å²) >= 11 is 0. The Hall–Kier alpha value is -1.39. The summed E-state index contributed by atoms with van der Waals surface area (Å²) in [7, 11) is 0. The fourth-order valence-corrected chi connectivity index (χ4v) is 2.77. The second-order valence-corrected chi connectivity index (χ2v) is 6.82. The normalized spacial score (nSPS) is 10.5. The van der Waals surface area contributed by atoms with Gasteiger partial charge in [-0.15, -0.1) is 0 Å². The molecule has 0 spiro atoms. The van der Waals surface area contributed by atoms with Gasteiger partial charge in [0, 0.05) is 12.6 Å². The molecule has 0 fully saturated rings. The third-order valence-corrected chi connectivity index (χ3v) is 4.25. The fraction of sp³-hybridized carbons (Fsp3) is 0.857. The number of unbranched alkanes of at least 4 members (excludes halogenated alkanes) is 14. The Kier molecular flexibility index (Phi) is 24.4. The van der Waals surface area contributed by atoms with Crippen molar-refractivity contribution in [3.63, 3.8) is 0 Å². The van der Waals surface area contributed by atoms with E-state index >= 15 is 0 Å². The molecule has 5 heteroatoms. The van der Waals surface area contributed by atoms with Gasteiger partial charge in [-0.1, -0.05) is 96.8 Å². The van der Waals surface area contributed by atoms with Crippen molar-refractivity contribution < 1.29 is 14.7 Å². The minimum Gasteiger partial charge on any atom is -0.481 e. The molecule has 26 heavy (non-hydrogen) atoms. The van der Waals surface area contributed by atoms with Crippen molar-refractivity contribution in [2.45, 2.75) is 117 Å². The van der Waals surface area contributed by atoms with Crippen molar-refractivity contribution in [2.24, 2.45) is 10.7 Å². The zero-order chi connectivity index (χ0) is 19.9. The minimum absolute atomic E-state index is 0.345. The molecular weight excluding hydrogens is 328 g/mol. The van der Waals surface area contributed by atoms with Crippen molar-refractivity contribution in [2.75, 3.05) is 0 Å². The average Bonchev–Trinajstić information content (AvgIpc) is 2.58. The van der Waals surface area contributed by atoms with Gasteiger partial charge < -0.3 is 10.8 Å². The Balaban J connectivity index is 0. The van der Waals surface area contributed by atoms with Crippen molar-refractivity contribution in [3.05, 3.63) is 0 Å². The molecule has 0 unspecified atom stereocenters. The molecule has 0 aromatic carbocycles. The van der Waals surface area contributed by atoms with Crippen LogP contribution in [0.4, 0.5) is 4.79 Å². The number of rotatable bonds is 16. The first-order chi connectivity index (χ1) is 12.5. The predicted octanol–water partition coefficient (Wildman–Crippen LogP) is 6.49. The van der Waals surface area contributed by atoms with Gasteiger partial charge in [0.05, 0.1) is 0 Å². The summed E-state index contributed by atoms with van der Waals surface area (Å²) in [5.74, 6) is -0.653. The molecule has 0 aromatic heterocycles. The number of nitrogens with two attached hydrogens (primary N) is 1. The van der Waals surface area contributed by atoms with E-state index in [0.717, 1.165) is 12.8 Å². The molecule has 154 valence electrons. The molecule has 0 aliphatic rings. The van der Waals surface area contributed by atoms with Crippen LogP contribution in [-0.4, -0.2) is 23.3 Å². The number of amides is 2. The number of nitrogens with zero attached hydrogens (tertiary/aromatic N) is 1. The standard InChI is InChI=1S/C18H36O2.C3H6N2O/c1-2-3-4-5-6-7-8-9-10-11-12-13-14-15-16-17-18(19)20;1-2-5-3(4)6/h2-17H2,1H3,(H,19,20);2H,1H3,(H2,4,6). The smallest absolute Gasteiger partial charge is 0.337 e. The van der Waals surface area contributed by atoms with Gasteiger partial charge in [0.1, 0.15) is 0 Å². The van der Waals surface area contributed by atoms with Crippen LogP contribution in [0, 0.1) is 0 Å². The maximum Gasteiger partial charge on any atom is 0.337 e. The lowest BCUT2D eigenvalue weighted by atomic mass is 10.0. The van der Waals surface area contributed by atoms with Gasteiger partial charge in [-0.3, -0.25) is 4.79 Å². The van der Waals surface area contributed by atoms with Crippen LogP contribution in [0.25, 0.3) is 0 Å². The van der Waals surface area contributed by atoms with E-state index in [1.54, 1.807) is 6.92 Å². The van der Waals surface area contributed by atoms with Gasteiger partial charge in [-0.05, 0) is 13.3 Å². The third-order valence-electron chi connectivity index (χ3n) is 4.25. The minimum atomic E-state index is -0.653. The Labute approximate surface area is 160 Å². The fourth-order valence-electron chi connectivity index (χ4n) is 2.77.